The predicted octanol–water partition coefficient (Wildman–Crippen LogP) is 3.06. The second-order valence-corrected chi connectivity index (χ2v) is 6.06. The van der Waals surface area contributed by atoms with Crippen molar-refractivity contribution in [3.8, 4) is 16.9 Å². The van der Waals surface area contributed by atoms with Crippen LogP contribution in [0.15, 0.2) is 73.4 Å². The van der Waals surface area contributed by atoms with Crippen LogP contribution in [0.1, 0.15) is 5.69 Å². The van der Waals surface area contributed by atoms with Crippen molar-refractivity contribution in [2.75, 3.05) is 0 Å². The van der Waals surface area contributed by atoms with Crippen LogP contribution in [0.3, 0.4) is 0 Å². The van der Waals surface area contributed by atoms with Gasteiger partial charge in [-0.3, -0.25) is 5.10 Å². The molecule has 0 aliphatic heterocycles. The van der Waals surface area contributed by atoms with Crippen LogP contribution < -0.4 is 0 Å². The van der Waals surface area contributed by atoms with Gasteiger partial charge in [0.1, 0.15) is 5.69 Å². The topological polar surface area (TPSA) is 77.2 Å². The fourth-order valence-corrected chi connectivity index (χ4v) is 3.03. The molecule has 0 aliphatic rings. The normalized spacial score (nSPS) is 11.2. The van der Waals surface area contributed by atoms with Crippen LogP contribution in [0.4, 0.5) is 0 Å². The summed E-state index contributed by atoms with van der Waals surface area (Å²) in [5.41, 5.74) is 4.83. The van der Waals surface area contributed by atoms with Crippen LogP contribution >= 0.6 is 0 Å². The first kappa shape index (κ1) is 14.6. The van der Waals surface area contributed by atoms with Gasteiger partial charge in [0.25, 0.3) is 0 Å². The van der Waals surface area contributed by atoms with Crippen LogP contribution in [0.2, 0.25) is 0 Å². The highest BCUT2D eigenvalue weighted by molar-refractivity contribution is 5.86. The Labute approximate surface area is 148 Å². The summed E-state index contributed by atoms with van der Waals surface area (Å²) in [5.74, 6) is 0. The molecule has 0 spiro atoms. The van der Waals surface area contributed by atoms with Crippen molar-refractivity contribution in [1.29, 1.82) is 0 Å². The summed E-state index contributed by atoms with van der Waals surface area (Å²) in [6, 6.07) is 16.1. The molecule has 0 amide bonds. The Morgan fingerprint density at radius 3 is 2.81 bits per heavy atom. The molecule has 0 saturated heterocycles. The number of benzene rings is 2. The molecule has 126 valence electrons. The van der Waals surface area contributed by atoms with Crippen molar-refractivity contribution < 1.29 is 0 Å². The van der Waals surface area contributed by atoms with Crippen molar-refractivity contribution in [2.45, 2.75) is 6.54 Å². The molecular weight excluding hydrogens is 326 g/mol. The highest BCUT2D eigenvalue weighted by Crippen LogP contribution is 2.20. The van der Waals surface area contributed by atoms with Crippen molar-refractivity contribution in [3.63, 3.8) is 0 Å². The van der Waals surface area contributed by atoms with E-state index in [4.69, 9.17) is 0 Å². The van der Waals surface area contributed by atoms with Crippen molar-refractivity contribution in [1.82, 2.24) is 34.7 Å². The summed E-state index contributed by atoms with van der Waals surface area (Å²) >= 11 is 0. The number of nitrogens with one attached hydrogen (secondary N) is 1. The van der Waals surface area contributed by atoms with Gasteiger partial charge in [0.05, 0.1) is 42.2 Å². The summed E-state index contributed by atoms with van der Waals surface area (Å²) < 4.78 is 3.79. The molecule has 7 heteroatoms. The molecule has 3 heterocycles. The highest BCUT2D eigenvalue weighted by Gasteiger charge is 2.09. The summed E-state index contributed by atoms with van der Waals surface area (Å²) in [5, 5.41) is 16.6. The molecule has 0 bridgehead atoms. The summed E-state index contributed by atoms with van der Waals surface area (Å²) in [4.78, 5) is 4.48. The molecule has 26 heavy (non-hydrogen) atoms. The van der Waals surface area contributed by atoms with E-state index in [2.05, 4.69) is 37.6 Å². The number of imidazole rings is 1. The lowest BCUT2D eigenvalue weighted by Gasteiger charge is -2.01. The number of aromatic nitrogens is 7. The van der Waals surface area contributed by atoms with Crippen LogP contribution in [0, 0.1) is 0 Å². The smallest absolute Gasteiger partial charge is 0.103 e. The maximum absolute atomic E-state index is 4.48. The van der Waals surface area contributed by atoms with Gasteiger partial charge in [-0.15, -0.1) is 5.10 Å². The van der Waals surface area contributed by atoms with E-state index >= 15 is 0 Å². The zero-order valence-electron chi connectivity index (χ0n) is 13.8. The van der Waals surface area contributed by atoms with Crippen LogP contribution in [-0.4, -0.2) is 34.7 Å². The molecule has 5 rings (SSSR count). The molecule has 0 radical (unpaired) electrons. The van der Waals surface area contributed by atoms with Crippen LogP contribution in [0.5, 0.6) is 0 Å². The van der Waals surface area contributed by atoms with Gasteiger partial charge in [-0.05, 0) is 12.1 Å². The van der Waals surface area contributed by atoms with Gasteiger partial charge in [0, 0.05) is 17.1 Å². The summed E-state index contributed by atoms with van der Waals surface area (Å²) in [6.07, 6.45) is 7.57. The first-order chi connectivity index (χ1) is 12.9. The molecule has 0 unspecified atom stereocenters. The number of nitrogens with zero attached hydrogens (tertiary/aromatic N) is 6. The van der Waals surface area contributed by atoms with Crippen LogP contribution in [0.25, 0.3) is 27.8 Å². The average Bonchev–Trinajstić information content (AvgIpc) is 3.43. The van der Waals surface area contributed by atoms with Crippen molar-refractivity contribution in [3.05, 3.63) is 79.1 Å². The van der Waals surface area contributed by atoms with Gasteiger partial charge in [-0.25, -0.2) is 9.67 Å². The molecule has 7 nitrogen and oxygen atoms in total. The standard InChI is InChI=1S/C19H15N7/c1-2-5-14(6-3-1)18-12-25(13-20-18)10-15-11-26(24-22-15)19-8-4-7-17-16(19)9-21-23-17/h1-9,11-13H,10H2,(H,21,23). The van der Waals surface area contributed by atoms with Gasteiger partial charge in [-0.2, -0.15) is 5.10 Å². The van der Waals surface area contributed by atoms with Gasteiger partial charge in [-0.1, -0.05) is 41.6 Å². The van der Waals surface area contributed by atoms with Gasteiger partial charge in [0.15, 0.2) is 0 Å². The average molecular weight is 341 g/mol. The molecule has 0 aliphatic carbocycles. The number of hydrogen-bond acceptors (Lipinski definition) is 4. The van der Waals surface area contributed by atoms with E-state index in [1.54, 1.807) is 10.9 Å². The monoisotopic (exact) mass is 341 g/mol. The van der Waals surface area contributed by atoms with E-state index in [1.165, 1.54) is 0 Å². The van der Waals surface area contributed by atoms with E-state index < -0.39 is 0 Å². The maximum atomic E-state index is 4.48. The number of H-pyrrole nitrogens is 1. The van der Waals surface area contributed by atoms with Gasteiger partial charge in [0.2, 0.25) is 0 Å². The zero-order chi connectivity index (χ0) is 17.3. The Balaban J connectivity index is 1.41. The molecule has 0 saturated carbocycles. The van der Waals surface area contributed by atoms with E-state index in [9.17, 15) is 0 Å². The Bertz CT molecular complexity index is 1170. The minimum Gasteiger partial charge on any atom is -0.331 e. The first-order valence-electron chi connectivity index (χ1n) is 8.28. The van der Waals surface area contributed by atoms with Gasteiger partial charge >= 0.3 is 0 Å². The molecule has 3 aromatic heterocycles. The quantitative estimate of drug-likeness (QED) is 0.545. The fraction of sp³-hybridized carbons (Fsp3) is 0.0526. The van der Waals surface area contributed by atoms with Crippen molar-refractivity contribution >= 4 is 10.9 Å². The first-order valence-corrected chi connectivity index (χ1v) is 8.28. The van der Waals surface area contributed by atoms with Gasteiger partial charge < -0.3 is 4.57 Å². The molecule has 0 fully saturated rings. The van der Waals surface area contributed by atoms with Crippen molar-refractivity contribution in [2.24, 2.45) is 0 Å². The lowest BCUT2D eigenvalue weighted by molar-refractivity contribution is 0.757. The second-order valence-electron chi connectivity index (χ2n) is 6.06. The summed E-state index contributed by atoms with van der Waals surface area (Å²) in [7, 11) is 0. The Hall–Kier alpha value is -3.74. The Kier molecular flexibility index (Phi) is 3.35. The molecule has 1 N–H and O–H groups in total. The predicted molar refractivity (Wildman–Crippen MR) is 97.8 cm³/mol. The van der Waals surface area contributed by atoms with E-state index in [0.717, 1.165) is 33.5 Å². The minimum absolute atomic E-state index is 0.612. The number of fused-ring (bicyclic) bond motifs is 1. The minimum atomic E-state index is 0.612. The molecule has 2 aromatic carbocycles. The maximum Gasteiger partial charge on any atom is 0.103 e. The summed E-state index contributed by atoms with van der Waals surface area (Å²) in [6.45, 7) is 0.612. The molecule has 5 aromatic rings. The third-order valence-corrected chi connectivity index (χ3v) is 4.30. The number of rotatable bonds is 4. The Morgan fingerprint density at radius 2 is 1.88 bits per heavy atom. The van der Waals surface area contributed by atoms with Crippen LogP contribution in [-0.2, 0) is 6.54 Å². The zero-order valence-corrected chi connectivity index (χ0v) is 13.8. The number of aromatic amines is 1. The van der Waals surface area contributed by atoms with E-state index in [-0.39, 0.29) is 0 Å². The fourth-order valence-electron chi connectivity index (χ4n) is 3.03. The third-order valence-electron chi connectivity index (χ3n) is 4.30. The Morgan fingerprint density at radius 1 is 0.962 bits per heavy atom. The third kappa shape index (κ3) is 2.55. The highest BCUT2D eigenvalue weighted by atomic mass is 15.4. The number of hydrogen-bond donors (Lipinski definition) is 1. The SMILES string of the molecule is c1ccc(-c2cn(Cc3cn(-c4cccc5[nH]ncc45)nn3)cn2)cc1. The van der Waals surface area contributed by atoms with E-state index in [0.29, 0.717) is 6.54 Å². The molecule has 0 atom stereocenters. The van der Waals surface area contributed by atoms with E-state index in [1.807, 2.05) is 59.7 Å². The second kappa shape index (κ2) is 5.96. The molecular formula is C19H15N7. The largest absolute Gasteiger partial charge is 0.331 e. The lowest BCUT2D eigenvalue weighted by atomic mass is 10.2. The lowest BCUT2D eigenvalue weighted by Crippen LogP contribution is -1.96.